The van der Waals surface area contributed by atoms with E-state index >= 15 is 0 Å². The van der Waals surface area contributed by atoms with Gasteiger partial charge in [-0.05, 0) is 57.5 Å². The molecule has 0 radical (unpaired) electrons. The Bertz CT molecular complexity index is 787. The van der Waals surface area contributed by atoms with Gasteiger partial charge in [0.15, 0.2) is 0 Å². The van der Waals surface area contributed by atoms with Gasteiger partial charge in [-0.2, -0.15) is 0 Å². The monoisotopic (exact) mass is 353 g/mol. The van der Waals surface area contributed by atoms with E-state index in [4.69, 9.17) is 0 Å². The molecule has 0 saturated carbocycles. The summed E-state index contributed by atoms with van der Waals surface area (Å²) >= 11 is 0. The summed E-state index contributed by atoms with van der Waals surface area (Å²) in [6.07, 6.45) is 0. The zero-order valence-electron chi connectivity index (χ0n) is 15.9. The molecule has 0 aromatic heterocycles. The van der Waals surface area contributed by atoms with Crippen molar-refractivity contribution in [3.8, 4) is 0 Å². The predicted octanol–water partition coefficient (Wildman–Crippen LogP) is 3.52. The summed E-state index contributed by atoms with van der Waals surface area (Å²) < 4.78 is 0. The first-order valence-electron chi connectivity index (χ1n) is 8.95. The second-order valence-corrected chi connectivity index (χ2v) is 6.29. The number of aryl methyl sites for hydroxylation is 2. The third-order valence-corrected chi connectivity index (χ3v) is 4.16. The lowest BCUT2D eigenvalue weighted by atomic mass is 10.1. The fourth-order valence-electron chi connectivity index (χ4n) is 2.90. The molecule has 0 aliphatic carbocycles. The number of amides is 2. The molecule has 0 heterocycles. The van der Waals surface area contributed by atoms with Crippen LogP contribution in [0, 0.1) is 13.8 Å². The Balaban J connectivity index is 2.07. The highest BCUT2D eigenvalue weighted by molar-refractivity contribution is 5.98. The van der Waals surface area contributed by atoms with Crippen molar-refractivity contribution in [1.29, 1.82) is 0 Å². The SMILES string of the molecule is CCNC(=O)c1cccc(NC(=O)CN(CC)c2ccc(C)cc2C)c1. The normalized spacial score (nSPS) is 10.3. The molecular formula is C21H27N3O2. The van der Waals surface area contributed by atoms with E-state index in [2.05, 4.69) is 42.7 Å². The Kier molecular flexibility index (Phi) is 6.78. The predicted molar refractivity (Wildman–Crippen MR) is 107 cm³/mol. The van der Waals surface area contributed by atoms with Gasteiger partial charge in [0.2, 0.25) is 5.91 Å². The highest BCUT2D eigenvalue weighted by atomic mass is 16.2. The van der Waals surface area contributed by atoms with Gasteiger partial charge in [-0.3, -0.25) is 9.59 Å². The van der Waals surface area contributed by atoms with E-state index in [1.54, 1.807) is 24.3 Å². The van der Waals surface area contributed by atoms with Crippen molar-refractivity contribution in [2.24, 2.45) is 0 Å². The van der Waals surface area contributed by atoms with Crippen molar-refractivity contribution in [2.75, 3.05) is 29.9 Å². The van der Waals surface area contributed by atoms with E-state index in [-0.39, 0.29) is 18.4 Å². The fraction of sp³-hybridized carbons (Fsp3) is 0.333. The Hall–Kier alpha value is -2.82. The molecule has 0 bridgehead atoms. The summed E-state index contributed by atoms with van der Waals surface area (Å²) in [5.74, 6) is -0.256. The maximum Gasteiger partial charge on any atom is 0.251 e. The van der Waals surface area contributed by atoms with Crippen LogP contribution in [0.1, 0.15) is 35.3 Å². The van der Waals surface area contributed by atoms with Gasteiger partial charge >= 0.3 is 0 Å². The van der Waals surface area contributed by atoms with Crippen LogP contribution in [0.4, 0.5) is 11.4 Å². The summed E-state index contributed by atoms with van der Waals surface area (Å²) in [6.45, 7) is 9.57. The number of carbonyl (C=O) groups is 2. The number of rotatable bonds is 7. The van der Waals surface area contributed by atoms with E-state index in [1.165, 1.54) is 5.56 Å². The van der Waals surface area contributed by atoms with E-state index < -0.39 is 0 Å². The van der Waals surface area contributed by atoms with Crippen molar-refractivity contribution in [3.63, 3.8) is 0 Å². The lowest BCUT2D eigenvalue weighted by Gasteiger charge is -2.24. The minimum absolute atomic E-state index is 0.111. The molecule has 2 aromatic rings. The lowest BCUT2D eigenvalue weighted by molar-refractivity contribution is -0.115. The van der Waals surface area contributed by atoms with Crippen molar-refractivity contribution >= 4 is 23.2 Å². The largest absolute Gasteiger partial charge is 0.362 e. The molecule has 0 fully saturated rings. The number of nitrogens with zero attached hydrogens (tertiary/aromatic N) is 1. The topological polar surface area (TPSA) is 61.4 Å². The van der Waals surface area contributed by atoms with E-state index in [0.29, 0.717) is 17.8 Å². The molecule has 0 spiro atoms. The molecule has 0 aliphatic heterocycles. The van der Waals surface area contributed by atoms with Crippen LogP contribution in [0.3, 0.4) is 0 Å². The number of hydrogen-bond donors (Lipinski definition) is 2. The summed E-state index contributed by atoms with van der Waals surface area (Å²) in [4.78, 5) is 26.5. The molecule has 2 amide bonds. The summed E-state index contributed by atoms with van der Waals surface area (Å²) in [5, 5.41) is 5.64. The molecule has 2 rings (SSSR count). The quantitative estimate of drug-likeness (QED) is 0.801. The summed E-state index contributed by atoms with van der Waals surface area (Å²) in [7, 11) is 0. The van der Waals surface area contributed by atoms with Crippen molar-refractivity contribution < 1.29 is 9.59 Å². The minimum atomic E-state index is -0.144. The minimum Gasteiger partial charge on any atom is -0.362 e. The Morgan fingerprint density at radius 1 is 1.04 bits per heavy atom. The average Bonchev–Trinajstić information content (AvgIpc) is 2.60. The van der Waals surface area contributed by atoms with Gasteiger partial charge in [0.05, 0.1) is 6.54 Å². The molecule has 2 N–H and O–H groups in total. The zero-order valence-corrected chi connectivity index (χ0v) is 15.9. The van der Waals surface area contributed by atoms with Gasteiger partial charge in [0, 0.05) is 30.0 Å². The molecule has 138 valence electrons. The van der Waals surface area contributed by atoms with Crippen LogP contribution in [-0.2, 0) is 4.79 Å². The van der Waals surface area contributed by atoms with Gasteiger partial charge in [0.1, 0.15) is 0 Å². The zero-order chi connectivity index (χ0) is 19.1. The van der Waals surface area contributed by atoms with E-state index in [0.717, 1.165) is 17.8 Å². The second kappa shape index (κ2) is 9.04. The molecule has 0 unspecified atom stereocenters. The molecule has 0 saturated heterocycles. The van der Waals surface area contributed by atoms with Crippen LogP contribution in [-0.4, -0.2) is 31.4 Å². The van der Waals surface area contributed by atoms with Crippen LogP contribution >= 0.6 is 0 Å². The van der Waals surface area contributed by atoms with Gasteiger partial charge in [-0.1, -0.05) is 23.8 Å². The number of nitrogens with one attached hydrogen (secondary N) is 2. The lowest BCUT2D eigenvalue weighted by Crippen LogP contribution is -2.33. The molecule has 26 heavy (non-hydrogen) atoms. The van der Waals surface area contributed by atoms with Gasteiger partial charge in [0.25, 0.3) is 5.91 Å². The molecule has 2 aromatic carbocycles. The first kappa shape index (κ1) is 19.5. The van der Waals surface area contributed by atoms with E-state index in [1.807, 2.05) is 18.7 Å². The average molecular weight is 353 g/mol. The number of hydrogen-bond acceptors (Lipinski definition) is 3. The Labute approximate surface area is 155 Å². The highest BCUT2D eigenvalue weighted by Crippen LogP contribution is 2.21. The number of anilines is 2. The highest BCUT2D eigenvalue weighted by Gasteiger charge is 2.13. The molecule has 5 nitrogen and oxygen atoms in total. The van der Waals surface area contributed by atoms with Gasteiger partial charge in [-0.25, -0.2) is 0 Å². The molecule has 0 atom stereocenters. The molecule has 5 heteroatoms. The van der Waals surface area contributed by atoms with Crippen LogP contribution in [0.15, 0.2) is 42.5 Å². The smallest absolute Gasteiger partial charge is 0.251 e. The van der Waals surface area contributed by atoms with E-state index in [9.17, 15) is 9.59 Å². The number of carbonyl (C=O) groups excluding carboxylic acids is 2. The van der Waals surface area contributed by atoms with Crippen LogP contribution in [0.5, 0.6) is 0 Å². The van der Waals surface area contributed by atoms with Crippen LogP contribution in [0.25, 0.3) is 0 Å². The Morgan fingerprint density at radius 2 is 1.81 bits per heavy atom. The van der Waals surface area contributed by atoms with Crippen molar-refractivity contribution in [3.05, 3.63) is 59.2 Å². The number of benzene rings is 2. The second-order valence-electron chi connectivity index (χ2n) is 6.29. The standard InChI is InChI=1S/C21H27N3O2/c1-5-22-21(26)17-8-7-9-18(13-17)23-20(25)14-24(6-2)19-11-10-15(3)12-16(19)4/h7-13H,5-6,14H2,1-4H3,(H,22,26)(H,23,25). The third kappa shape index (κ3) is 5.09. The first-order chi connectivity index (χ1) is 12.4. The van der Waals surface area contributed by atoms with Crippen molar-refractivity contribution in [2.45, 2.75) is 27.7 Å². The Morgan fingerprint density at radius 3 is 2.46 bits per heavy atom. The maximum atomic E-state index is 12.5. The molecule has 0 aliphatic rings. The van der Waals surface area contributed by atoms with Gasteiger partial charge < -0.3 is 15.5 Å². The summed E-state index contributed by atoms with van der Waals surface area (Å²) in [6, 6.07) is 13.2. The van der Waals surface area contributed by atoms with Crippen LogP contribution < -0.4 is 15.5 Å². The summed E-state index contributed by atoms with van der Waals surface area (Å²) in [5.41, 5.74) is 4.57. The van der Waals surface area contributed by atoms with Gasteiger partial charge in [-0.15, -0.1) is 0 Å². The van der Waals surface area contributed by atoms with Crippen molar-refractivity contribution in [1.82, 2.24) is 5.32 Å². The fourth-order valence-corrected chi connectivity index (χ4v) is 2.90. The molecular weight excluding hydrogens is 326 g/mol. The first-order valence-corrected chi connectivity index (χ1v) is 8.95. The number of likely N-dealkylation sites (N-methyl/N-ethyl adjacent to an activating group) is 1. The maximum absolute atomic E-state index is 12.5. The third-order valence-electron chi connectivity index (χ3n) is 4.16. The van der Waals surface area contributed by atoms with Crippen LogP contribution in [0.2, 0.25) is 0 Å².